The molecule has 1 heterocycles. The van der Waals surface area contributed by atoms with Gasteiger partial charge in [-0.2, -0.15) is 0 Å². The van der Waals surface area contributed by atoms with Crippen LogP contribution in [0.1, 0.15) is 5.82 Å². The molecule has 1 aromatic carbocycles. The fraction of sp³-hybridized carbons (Fsp3) is 0.429. The van der Waals surface area contributed by atoms with E-state index in [1.54, 1.807) is 30.6 Å². The third-order valence-electron chi connectivity index (χ3n) is 2.97. The minimum absolute atomic E-state index is 0.235. The number of aryl methyl sites for hydroxylation is 1. The molecule has 0 saturated carbocycles. The fourth-order valence-electron chi connectivity index (χ4n) is 1.78. The number of nitrogens with one attached hydrogen (secondary N) is 1. The van der Waals surface area contributed by atoms with Gasteiger partial charge in [0.05, 0.1) is 0 Å². The van der Waals surface area contributed by atoms with Crippen molar-refractivity contribution in [3.63, 3.8) is 0 Å². The van der Waals surface area contributed by atoms with Gasteiger partial charge in [-0.3, -0.25) is 0 Å². The van der Waals surface area contributed by atoms with Gasteiger partial charge in [0.2, 0.25) is 0 Å². The van der Waals surface area contributed by atoms with E-state index in [1.165, 1.54) is 0 Å². The predicted octanol–water partition coefficient (Wildman–Crippen LogP) is 1.04. The molecule has 0 bridgehead atoms. The van der Waals surface area contributed by atoms with Crippen LogP contribution in [0.15, 0.2) is 30.6 Å². The lowest BCUT2D eigenvalue weighted by molar-refractivity contribution is 0.106. The molecular formula is C14H19ClN4O2. The number of halogens is 1. The molecule has 1 atom stereocenters. The first-order valence-corrected chi connectivity index (χ1v) is 7.13. The molecule has 21 heavy (non-hydrogen) atoms. The molecule has 1 aromatic heterocycles. The molecule has 2 rings (SSSR count). The maximum absolute atomic E-state index is 9.83. The number of rotatable bonds is 8. The van der Waals surface area contributed by atoms with E-state index >= 15 is 0 Å². The monoisotopic (exact) mass is 310 g/mol. The summed E-state index contributed by atoms with van der Waals surface area (Å²) in [6.45, 7) is 1.43. The Morgan fingerprint density at radius 2 is 2.14 bits per heavy atom. The molecule has 0 saturated heterocycles. The van der Waals surface area contributed by atoms with Gasteiger partial charge in [0.1, 0.15) is 30.6 Å². The molecule has 0 aliphatic heterocycles. The molecular weight excluding hydrogens is 292 g/mol. The van der Waals surface area contributed by atoms with Crippen molar-refractivity contribution in [1.29, 1.82) is 0 Å². The summed E-state index contributed by atoms with van der Waals surface area (Å²) >= 11 is 5.79. The van der Waals surface area contributed by atoms with Gasteiger partial charge < -0.3 is 19.7 Å². The number of ether oxygens (including phenoxy) is 1. The summed E-state index contributed by atoms with van der Waals surface area (Å²) in [5, 5.41) is 21.5. The van der Waals surface area contributed by atoms with E-state index < -0.39 is 6.10 Å². The summed E-state index contributed by atoms with van der Waals surface area (Å²) in [5.41, 5.74) is 0. The van der Waals surface area contributed by atoms with Crippen LogP contribution in [0, 0.1) is 0 Å². The molecule has 0 aliphatic rings. The average molecular weight is 311 g/mol. The largest absolute Gasteiger partial charge is 0.491 e. The molecule has 0 radical (unpaired) electrons. The lowest BCUT2D eigenvalue weighted by Gasteiger charge is -2.13. The number of hydrogen-bond donors (Lipinski definition) is 2. The van der Waals surface area contributed by atoms with Crippen LogP contribution in [0.25, 0.3) is 0 Å². The zero-order chi connectivity index (χ0) is 15.1. The summed E-state index contributed by atoms with van der Waals surface area (Å²) in [7, 11) is 1.91. The first-order chi connectivity index (χ1) is 10.1. The molecule has 6 nitrogen and oxygen atoms in total. The molecule has 1 unspecified atom stereocenters. The normalized spacial score (nSPS) is 12.3. The molecule has 0 aliphatic carbocycles. The van der Waals surface area contributed by atoms with Crippen molar-refractivity contribution in [1.82, 2.24) is 20.1 Å². The summed E-state index contributed by atoms with van der Waals surface area (Å²) in [6, 6.07) is 7.05. The quantitative estimate of drug-likeness (QED) is 0.713. The van der Waals surface area contributed by atoms with Crippen LogP contribution in [0.3, 0.4) is 0 Å². The van der Waals surface area contributed by atoms with Crippen LogP contribution in [0.2, 0.25) is 5.02 Å². The second kappa shape index (κ2) is 7.97. The minimum Gasteiger partial charge on any atom is -0.491 e. The lowest BCUT2D eigenvalue weighted by atomic mass is 10.3. The number of hydrogen-bond acceptors (Lipinski definition) is 5. The van der Waals surface area contributed by atoms with Gasteiger partial charge in [0.25, 0.3) is 0 Å². The Bertz CT molecular complexity index is 544. The Hall–Kier alpha value is -1.63. The first-order valence-electron chi connectivity index (χ1n) is 6.75. The number of nitrogens with zero attached hydrogens (tertiary/aromatic N) is 3. The highest BCUT2D eigenvalue weighted by atomic mass is 35.5. The minimum atomic E-state index is -0.569. The van der Waals surface area contributed by atoms with Crippen LogP contribution in [-0.4, -0.2) is 45.7 Å². The van der Waals surface area contributed by atoms with Crippen molar-refractivity contribution in [3.05, 3.63) is 41.4 Å². The van der Waals surface area contributed by atoms with Crippen LogP contribution >= 0.6 is 11.6 Å². The van der Waals surface area contributed by atoms with Crippen molar-refractivity contribution in [2.45, 2.75) is 12.5 Å². The van der Waals surface area contributed by atoms with Crippen LogP contribution < -0.4 is 10.1 Å². The number of aliphatic hydroxyl groups is 1. The summed E-state index contributed by atoms with van der Waals surface area (Å²) < 4.78 is 7.35. The van der Waals surface area contributed by atoms with Gasteiger partial charge in [-0.15, -0.1) is 10.2 Å². The Kier molecular flexibility index (Phi) is 5.98. The van der Waals surface area contributed by atoms with Gasteiger partial charge in [0.15, 0.2) is 0 Å². The molecule has 0 amide bonds. The van der Waals surface area contributed by atoms with E-state index in [4.69, 9.17) is 16.3 Å². The summed E-state index contributed by atoms with van der Waals surface area (Å²) in [5.74, 6) is 1.60. The lowest BCUT2D eigenvalue weighted by Crippen LogP contribution is -2.32. The van der Waals surface area contributed by atoms with Gasteiger partial charge in [-0.05, 0) is 24.3 Å². The Balaban J connectivity index is 1.60. The van der Waals surface area contributed by atoms with E-state index in [-0.39, 0.29) is 6.61 Å². The van der Waals surface area contributed by atoms with Crippen molar-refractivity contribution in [2.75, 3.05) is 19.7 Å². The SMILES string of the molecule is Cn1cnnc1CCNCC(O)COc1ccc(Cl)cc1. The van der Waals surface area contributed by atoms with Crippen molar-refractivity contribution in [3.8, 4) is 5.75 Å². The number of benzene rings is 1. The second-order valence-electron chi connectivity index (χ2n) is 4.73. The Morgan fingerprint density at radius 1 is 1.38 bits per heavy atom. The standard InChI is InChI=1S/C14H19ClN4O2/c1-19-10-17-18-14(19)6-7-16-8-12(20)9-21-13-4-2-11(15)3-5-13/h2-5,10,12,16,20H,6-9H2,1H3. The van der Waals surface area contributed by atoms with E-state index in [2.05, 4.69) is 15.5 Å². The summed E-state index contributed by atoms with van der Waals surface area (Å²) in [6.07, 6.45) is 1.87. The molecule has 2 aromatic rings. The highest BCUT2D eigenvalue weighted by Crippen LogP contribution is 2.15. The van der Waals surface area contributed by atoms with Crippen LogP contribution in [0.5, 0.6) is 5.75 Å². The second-order valence-corrected chi connectivity index (χ2v) is 5.17. The van der Waals surface area contributed by atoms with E-state index in [1.807, 2.05) is 11.6 Å². The van der Waals surface area contributed by atoms with Gasteiger partial charge in [-0.1, -0.05) is 11.6 Å². The smallest absolute Gasteiger partial charge is 0.133 e. The topological polar surface area (TPSA) is 72.2 Å². The first kappa shape index (κ1) is 15.8. The number of aromatic nitrogens is 3. The molecule has 114 valence electrons. The highest BCUT2D eigenvalue weighted by Gasteiger charge is 2.06. The van der Waals surface area contributed by atoms with E-state index in [0.717, 1.165) is 18.8 Å². The van der Waals surface area contributed by atoms with Crippen molar-refractivity contribution >= 4 is 11.6 Å². The maximum Gasteiger partial charge on any atom is 0.133 e. The van der Waals surface area contributed by atoms with Gasteiger partial charge in [-0.25, -0.2) is 0 Å². The molecule has 0 spiro atoms. The van der Waals surface area contributed by atoms with Crippen molar-refractivity contribution < 1.29 is 9.84 Å². The van der Waals surface area contributed by atoms with Crippen LogP contribution in [0.4, 0.5) is 0 Å². The van der Waals surface area contributed by atoms with Crippen molar-refractivity contribution in [2.24, 2.45) is 7.05 Å². The summed E-state index contributed by atoms with van der Waals surface area (Å²) in [4.78, 5) is 0. The Labute approximate surface area is 128 Å². The number of aliphatic hydroxyl groups excluding tert-OH is 1. The predicted molar refractivity (Wildman–Crippen MR) is 80.5 cm³/mol. The van der Waals surface area contributed by atoms with Gasteiger partial charge in [0, 0.05) is 31.6 Å². The molecule has 2 N–H and O–H groups in total. The third-order valence-corrected chi connectivity index (χ3v) is 3.22. The van der Waals surface area contributed by atoms with E-state index in [9.17, 15) is 5.11 Å². The fourth-order valence-corrected chi connectivity index (χ4v) is 1.91. The van der Waals surface area contributed by atoms with Gasteiger partial charge >= 0.3 is 0 Å². The third kappa shape index (κ3) is 5.34. The zero-order valence-corrected chi connectivity index (χ0v) is 12.6. The molecule has 0 fully saturated rings. The maximum atomic E-state index is 9.83. The molecule has 7 heteroatoms. The Morgan fingerprint density at radius 3 is 2.81 bits per heavy atom. The zero-order valence-electron chi connectivity index (χ0n) is 11.9. The van der Waals surface area contributed by atoms with E-state index in [0.29, 0.717) is 17.3 Å². The highest BCUT2D eigenvalue weighted by molar-refractivity contribution is 6.30. The van der Waals surface area contributed by atoms with Crippen LogP contribution in [-0.2, 0) is 13.5 Å². The average Bonchev–Trinajstić information content (AvgIpc) is 2.88.